The summed E-state index contributed by atoms with van der Waals surface area (Å²) in [6, 6.07) is 0. The van der Waals surface area contributed by atoms with Gasteiger partial charge in [-0.1, -0.05) is 13.3 Å². The van der Waals surface area contributed by atoms with Gasteiger partial charge in [-0.05, 0) is 27.2 Å². The minimum Gasteiger partial charge on any atom is -0.487 e. The number of unbranched alkanes of at least 4 members (excludes halogenated alkanes) is 1. The molecule has 0 radical (unpaired) electrons. The smallest absolute Gasteiger partial charge is 0.426 e. The first-order valence-electron chi connectivity index (χ1n) is 8.64. The van der Waals surface area contributed by atoms with Crippen LogP contribution >= 0.6 is 0 Å². The number of carbonyl (C=O) groups excluding carboxylic acids is 3. The molecule has 0 aliphatic rings. The molecular formula is C18H26N2O8. The van der Waals surface area contributed by atoms with Gasteiger partial charge in [0.15, 0.2) is 5.69 Å². The number of methoxy groups -OCH3 is 2. The first kappa shape index (κ1) is 23.0. The van der Waals surface area contributed by atoms with E-state index in [-0.39, 0.29) is 12.3 Å². The van der Waals surface area contributed by atoms with E-state index in [0.717, 1.165) is 31.5 Å². The van der Waals surface area contributed by atoms with Gasteiger partial charge in [0.2, 0.25) is 11.2 Å². The van der Waals surface area contributed by atoms with Crippen LogP contribution in [-0.2, 0) is 14.2 Å². The van der Waals surface area contributed by atoms with Crippen molar-refractivity contribution < 1.29 is 33.3 Å². The SMILES string of the molecule is CCCCOc1c(C(=O)OC)n(NC(=O)OC(C)(C)C)cc(C(=O)OC)c1=O. The lowest BCUT2D eigenvalue weighted by atomic mass is 10.2. The van der Waals surface area contributed by atoms with E-state index in [1.54, 1.807) is 20.8 Å². The van der Waals surface area contributed by atoms with Gasteiger partial charge >= 0.3 is 18.0 Å². The van der Waals surface area contributed by atoms with Crippen LogP contribution in [-0.4, -0.2) is 49.1 Å². The molecule has 1 aromatic rings. The van der Waals surface area contributed by atoms with Gasteiger partial charge in [-0.2, -0.15) is 0 Å². The zero-order valence-electron chi connectivity index (χ0n) is 16.9. The van der Waals surface area contributed by atoms with Crippen molar-refractivity contribution in [3.63, 3.8) is 0 Å². The van der Waals surface area contributed by atoms with Gasteiger partial charge in [-0.25, -0.2) is 24.5 Å². The number of pyridine rings is 1. The third-order valence-electron chi connectivity index (χ3n) is 3.30. The van der Waals surface area contributed by atoms with E-state index in [1.807, 2.05) is 6.92 Å². The van der Waals surface area contributed by atoms with Gasteiger partial charge in [-0.3, -0.25) is 4.79 Å². The zero-order valence-corrected chi connectivity index (χ0v) is 16.9. The number of amides is 1. The molecule has 28 heavy (non-hydrogen) atoms. The van der Waals surface area contributed by atoms with Crippen LogP contribution in [0.25, 0.3) is 0 Å². The highest BCUT2D eigenvalue weighted by atomic mass is 16.6. The van der Waals surface area contributed by atoms with Crippen molar-refractivity contribution in [3.05, 3.63) is 27.7 Å². The number of aromatic nitrogens is 1. The molecule has 1 aromatic heterocycles. The number of rotatable bonds is 7. The van der Waals surface area contributed by atoms with Crippen LogP contribution in [0, 0.1) is 0 Å². The molecule has 1 rings (SSSR count). The Labute approximate surface area is 162 Å². The summed E-state index contributed by atoms with van der Waals surface area (Å²) in [7, 11) is 2.20. The summed E-state index contributed by atoms with van der Waals surface area (Å²) in [6.45, 7) is 6.99. The van der Waals surface area contributed by atoms with Crippen molar-refractivity contribution in [2.45, 2.75) is 46.1 Å². The summed E-state index contributed by atoms with van der Waals surface area (Å²) in [6.07, 6.45) is 1.41. The molecule has 0 aromatic carbocycles. The summed E-state index contributed by atoms with van der Waals surface area (Å²) >= 11 is 0. The highest BCUT2D eigenvalue weighted by Crippen LogP contribution is 2.18. The van der Waals surface area contributed by atoms with Crippen molar-refractivity contribution in [1.29, 1.82) is 0 Å². The van der Waals surface area contributed by atoms with Crippen LogP contribution in [0.4, 0.5) is 4.79 Å². The minimum absolute atomic E-state index is 0.118. The molecule has 1 N–H and O–H groups in total. The Balaban J connectivity index is 3.57. The molecule has 1 amide bonds. The maximum atomic E-state index is 12.7. The van der Waals surface area contributed by atoms with Crippen LogP contribution in [0.5, 0.6) is 5.75 Å². The van der Waals surface area contributed by atoms with E-state index in [9.17, 15) is 19.2 Å². The van der Waals surface area contributed by atoms with Crippen LogP contribution in [0.1, 0.15) is 61.4 Å². The molecule has 156 valence electrons. The fourth-order valence-corrected chi connectivity index (χ4v) is 2.07. The molecule has 0 unspecified atom stereocenters. The van der Waals surface area contributed by atoms with Crippen molar-refractivity contribution in [1.82, 2.24) is 4.68 Å². The highest BCUT2D eigenvalue weighted by Gasteiger charge is 2.28. The quantitative estimate of drug-likeness (QED) is 0.421. The Bertz CT molecular complexity index is 792. The van der Waals surface area contributed by atoms with Crippen molar-refractivity contribution in [2.75, 3.05) is 26.3 Å². The largest absolute Gasteiger partial charge is 0.487 e. The van der Waals surface area contributed by atoms with Crippen molar-refractivity contribution in [3.8, 4) is 5.75 Å². The maximum absolute atomic E-state index is 12.7. The third-order valence-corrected chi connectivity index (χ3v) is 3.30. The molecule has 0 bridgehead atoms. The molecule has 0 fully saturated rings. The number of esters is 2. The third kappa shape index (κ3) is 6.00. The van der Waals surface area contributed by atoms with Crippen LogP contribution in [0.15, 0.2) is 11.0 Å². The average Bonchev–Trinajstić information content (AvgIpc) is 2.61. The predicted octanol–water partition coefficient (Wildman–Crippen LogP) is 2.08. The lowest BCUT2D eigenvalue weighted by Crippen LogP contribution is -2.36. The average molecular weight is 398 g/mol. The van der Waals surface area contributed by atoms with E-state index in [0.29, 0.717) is 6.42 Å². The van der Waals surface area contributed by atoms with Crippen LogP contribution in [0.2, 0.25) is 0 Å². The summed E-state index contributed by atoms with van der Waals surface area (Å²) in [4.78, 5) is 49.1. The lowest BCUT2D eigenvalue weighted by molar-refractivity contribution is 0.0557. The van der Waals surface area contributed by atoms with Crippen molar-refractivity contribution in [2.24, 2.45) is 0 Å². The van der Waals surface area contributed by atoms with E-state index in [2.05, 4.69) is 10.2 Å². The van der Waals surface area contributed by atoms with Gasteiger partial charge in [0.05, 0.1) is 20.8 Å². The lowest BCUT2D eigenvalue weighted by Gasteiger charge is -2.22. The number of ether oxygens (including phenoxy) is 4. The van der Waals surface area contributed by atoms with E-state index < -0.39 is 40.4 Å². The Morgan fingerprint density at radius 1 is 1.11 bits per heavy atom. The summed E-state index contributed by atoms with van der Waals surface area (Å²) in [5, 5.41) is 0. The topological polar surface area (TPSA) is 122 Å². The first-order chi connectivity index (χ1) is 13.1. The number of hydrogen-bond acceptors (Lipinski definition) is 8. The fourth-order valence-electron chi connectivity index (χ4n) is 2.07. The van der Waals surface area contributed by atoms with Crippen LogP contribution in [0.3, 0.4) is 0 Å². The Kier molecular flexibility index (Phi) is 8.02. The van der Waals surface area contributed by atoms with E-state index in [4.69, 9.17) is 14.2 Å². The van der Waals surface area contributed by atoms with E-state index >= 15 is 0 Å². The summed E-state index contributed by atoms with van der Waals surface area (Å²) in [5.74, 6) is -2.34. The second-order valence-electron chi connectivity index (χ2n) is 6.72. The van der Waals surface area contributed by atoms with Gasteiger partial charge in [0.25, 0.3) is 0 Å². The van der Waals surface area contributed by atoms with Gasteiger partial charge in [0, 0.05) is 6.20 Å². The summed E-state index contributed by atoms with van der Waals surface area (Å²) in [5.41, 5.74) is -0.207. The molecule has 1 heterocycles. The number of nitrogens with one attached hydrogen (secondary N) is 1. The minimum atomic E-state index is -0.957. The molecule has 0 aliphatic carbocycles. The number of nitrogens with zero attached hydrogens (tertiary/aromatic N) is 1. The predicted molar refractivity (Wildman–Crippen MR) is 99.4 cm³/mol. The molecule has 0 saturated heterocycles. The standard InChI is InChI=1S/C18H26N2O8/c1-7-8-9-27-14-12(16(23)26-6)20(19-17(24)28-18(2,3)4)10-11(13(14)21)15(22)25-5/h10H,7-9H2,1-6H3,(H,19,24). The van der Waals surface area contributed by atoms with Gasteiger partial charge in [-0.15, -0.1) is 0 Å². The van der Waals surface area contributed by atoms with Crippen LogP contribution < -0.4 is 15.6 Å². The van der Waals surface area contributed by atoms with Gasteiger partial charge < -0.3 is 18.9 Å². The molecule has 0 spiro atoms. The molecule has 0 aliphatic heterocycles. The van der Waals surface area contributed by atoms with Gasteiger partial charge in [0.1, 0.15) is 11.2 Å². The Hall–Kier alpha value is -3.04. The maximum Gasteiger partial charge on any atom is 0.426 e. The summed E-state index contributed by atoms with van der Waals surface area (Å²) < 4.78 is 20.8. The number of hydrogen-bond donors (Lipinski definition) is 1. The molecule has 0 atom stereocenters. The second-order valence-corrected chi connectivity index (χ2v) is 6.72. The Morgan fingerprint density at radius 3 is 2.21 bits per heavy atom. The monoisotopic (exact) mass is 398 g/mol. The zero-order chi connectivity index (χ0) is 21.5. The van der Waals surface area contributed by atoms with E-state index in [1.165, 1.54) is 0 Å². The second kappa shape index (κ2) is 9.77. The normalized spacial score (nSPS) is 10.8. The fraction of sp³-hybridized carbons (Fsp3) is 0.556. The molecular weight excluding hydrogens is 372 g/mol. The van der Waals surface area contributed by atoms with Crippen molar-refractivity contribution >= 4 is 18.0 Å². The molecule has 0 saturated carbocycles. The Morgan fingerprint density at radius 2 is 1.71 bits per heavy atom. The number of carbonyl (C=O) groups is 3. The molecule has 10 heteroatoms. The molecule has 10 nitrogen and oxygen atoms in total. The highest BCUT2D eigenvalue weighted by molar-refractivity contribution is 5.95. The first-order valence-corrected chi connectivity index (χ1v) is 8.64.